The number of hydrogen-bond donors (Lipinski definition) is 1. The van der Waals surface area contributed by atoms with Gasteiger partial charge in [0, 0.05) is 18.9 Å². The van der Waals surface area contributed by atoms with Crippen molar-refractivity contribution in [3.05, 3.63) is 41.6 Å². The minimum Gasteiger partial charge on any atom is -0.368 e. The summed E-state index contributed by atoms with van der Waals surface area (Å²) in [5.41, 5.74) is 1.22. The average Bonchev–Trinajstić information content (AvgIpc) is 2.30. The third kappa shape index (κ3) is 3.13. The summed E-state index contributed by atoms with van der Waals surface area (Å²) >= 11 is 5.61. The molecule has 2 aromatic heterocycles. The van der Waals surface area contributed by atoms with E-state index in [-0.39, 0.29) is 5.28 Å². The number of anilines is 1. The summed E-state index contributed by atoms with van der Waals surface area (Å²) in [7, 11) is 0. The predicted molar refractivity (Wildman–Crippen MR) is 61.3 cm³/mol. The molecule has 0 atom stereocenters. The highest BCUT2D eigenvalue weighted by atomic mass is 35.5. The van der Waals surface area contributed by atoms with Crippen molar-refractivity contribution in [2.24, 2.45) is 0 Å². The Kier molecular flexibility index (Phi) is 3.61. The Morgan fingerprint density at radius 3 is 2.81 bits per heavy atom. The maximum Gasteiger partial charge on any atom is 0.244 e. The van der Waals surface area contributed by atoms with Crippen LogP contribution in [0, 0.1) is 0 Å². The molecule has 16 heavy (non-hydrogen) atoms. The molecule has 0 radical (unpaired) electrons. The Bertz CT molecular complexity index is 448. The van der Waals surface area contributed by atoms with Crippen LogP contribution in [0.2, 0.25) is 5.28 Å². The highest BCUT2D eigenvalue weighted by Crippen LogP contribution is 2.04. The number of nitrogens with zero attached hydrogens (tertiary/aromatic N) is 4. The van der Waals surface area contributed by atoms with Crippen LogP contribution in [0.4, 0.5) is 5.82 Å². The second-order valence-corrected chi connectivity index (χ2v) is 3.48. The van der Waals surface area contributed by atoms with E-state index in [2.05, 4.69) is 25.5 Å². The molecule has 2 rings (SSSR count). The molecule has 2 heterocycles. The minimum atomic E-state index is 0.147. The first kappa shape index (κ1) is 10.8. The molecule has 2 aromatic rings. The first-order valence-electron chi connectivity index (χ1n) is 4.82. The molecule has 0 aliphatic carbocycles. The maximum atomic E-state index is 5.61. The lowest BCUT2D eigenvalue weighted by molar-refractivity contribution is 0.942. The smallest absolute Gasteiger partial charge is 0.244 e. The van der Waals surface area contributed by atoms with Gasteiger partial charge in [0.1, 0.15) is 5.82 Å². The van der Waals surface area contributed by atoms with Crippen molar-refractivity contribution in [1.82, 2.24) is 20.2 Å². The van der Waals surface area contributed by atoms with E-state index < -0.39 is 0 Å². The summed E-state index contributed by atoms with van der Waals surface area (Å²) in [6.07, 6.45) is 5.99. The number of pyridine rings is 1. The Morgan fingerprint density at radius 1 is 1.25 bits per heavy atom. The van der Waals surface area contributed by atoms with E-state index in [1.54, 1.807) is 18.6 Å². The lowest BCUT2D eigenvalue weighted by atomic mass is 10.2. The summed E-state index contributed by atoms with van der Waals surface area (Å²) in [6, 6.07) is 3.96. The average molecular weight is 236 g/mol. The third-order valence-electron chi connectivity index (χ3n) is 2.00. The fourth-order valence-corrected chi connectivity index (χ4v) is 1.39. The van der Waals surface area contributed by atoms with Crippen LogP contribution in [0.1, 0.15) is 5.56 Å². The molecule has 0 aromatic carbocycles. The molecule has 6 heteroatoms. The molecule has 0 spiro atoms. The topological polar surface area (TPSA) is 63.6 Å². The minimum absolute atomic E-state index is 0.147. The van der Waals surface area contributed by atoms with E-state index in [0.717, 1.165) is 13.0 Å². The van der Waals surface area contributed by atoms with Gasteiger partial charge in [-0.05, 0) is 35.7 Å². The zero-order valence-corrected chi connectivity index (χ0v) is 9.22. The standard InChI is InChI=1S/C10H10ClN5/c11-10-15-9(7-14-16-10)13-6-3-8-1-4-12-5-2-8/h1-2,4-5,7H,3,6H2,(H,13,15,16). The van der Waals surface area contributed by atoms with Gasteiger partial charge in [-0.25, -0.2) is 0 Å². The zero-order chi connectivity index (χ0) is 11.2. The first-order chi connectivity index (χ1) is 7.84. The Hall–Kier alpha value is -1.75. The number of halogens is 1. The molecular formula is C10H10ClN5. The van der Waals surface area contributed by atoms with Crippen LogP contribution in [-0.2, 0) is 6.42 Å². The molecule has 82 valence electrons. The monoisotopic (exact) mass is 235 g/mol. The second-order valence-electron chi connectivity index (χ2n) is 3.14. The number of hydrogen-bond acceptors (Lipinski definition) is 5. The second kappa shape index (κ2) is 5.37. The quantitative estimate of drug-likeness (QED) is 0.872. The van der Waals surface area contributed by atoms with E-state index in [0.29, 0.717) is 5.82 Å². The van der Waals surface area contributed by atoms with E-state index in [1.165, 1.54) is 5.56 Å². The van der Waals surface area contributed by atoms with Crippen LogP contribution in [-0.4, -0.2) is 26.7 Å². The number of rotatable bonds is 4. The van der Waals surface area contributed by atoms with Gasteiger partial charge in [-0.1, -0.05) is 0 Å². The summed E-state index contributed by atoms with van der Waals surface area (Å²) < 4.78 is 0. The van der Waals surface area contributed by atoms with Crippen LogP contribution < -0.4 is 5.32 Å². The van der Waals surface area contributed by atoms with Crippen LogP contribution in [0.5, 0.6) is 0 Å². The molecule has 0 unspecified atom stereocenters. The first-order valence-corrected chi connectivity index (χ1v) is 5.20. The van der Waals surface area contributed by atoms with Gasteiger partial charge in [0.2, 0.25) is 5.28 Å². The highest BCUT2D eigenvalue weighted by molar-refractivity contribution is 6.28. The highest BCUT2D eigenvalue weighted by Gasteiger charge is 1.97. The van der Waals surface area contributed by atoms with Crippen molar-refractivity contribution in [2.75, 3.05) is 11.9 Å². The van der Waals surface area contributed by atoms with E-state index in [4.69, 9.17) is 11.6 Å². The Labute approximate surface area is 97.9 Å². The molecule has 0 fully saturated rings. The maximum absolute atomic E-state index is 5.61. The molecule has 1 N–H and O–H groups in total. The molecule has 0 saturated carbocycles. The van der Waals surface area contributed by atoms with E-state index >= 15 is 0 Å². The zero-order valence-electron chi connectivity index (χ0n) is 8.47. The van der Waals surface area contributed by atoms with Crippen molar-refractivity contribution in [3.8, 4) is 0 Å². The van der Waals surface area contributed by atoms with Crippen molar-refractivity contribution in [3.63, 3.8) is 0 Å². The molecule has 5 nitrogen and oxygen atoms in total. The van der Waals surface area contributed by atoms with Gasteiger partial charge in [-0.3, -0.25) is 4.98 Å². The van der Waals surface area contributed by atoms with Crippen molar-refractivity contribution in [1.29, 1.82) is 0 Å². The normalized spacial score (nSPS) is 10.1. The lowest BCUT2D eigenvalue weighted by Gasteiger charge is -2.04. The van der Waals surface area contributed by atoms with Crippen molar-refractivity contribution in [2.45, 2.75) is 6.42 Å². The molecule has 0 aliphatic heterocycles. The van der Waals surface area contributed by atoms with Crippen LogP contribution in [0.15, 0.2) is 30.7 Å². The summed E-state index contributed by atoms with van der Waals surface area (Å²) in [5, 5.41) is 10.5. The SMILES string of the molecule is Clc1nncc(NCCc2ccncc2)n1. The summed E-state index contributed by atoms with van der Waals surface area (Å²) in [4.78, 5) is 7.93. The largest absolute Gasteiger partial charge is 0.368 e. The van der Waals surface area contributed by atoms with Crippen molar-refractivity contribution < 1.29 is 0 Å². The predicted octanol–water partition coefficient (Wildman–Crippen LogP) is 1.57. The van der Waals surface area contributed by atoms with Crippen molar-refractivity contribution >= 4 is 17.4 Å². The lowest BCUT2D eigenvalue weighted by Crippen LogP contribution is -2.07. The molecular weight excluding hydrogens is 226 g/mol. The van der Waals surface area contributed by atoms with Gasteiger partial charge in [0.25, 0.3) is 0 Å². The van der Waals surface area contributed by atoms with Gasteiger partial charge in [-0.2, -0.15) is 10.1 Å². The van der Waals surface area contributed by atoms with Crippen LogP contribution in [0.3, 0.4) is 0 Å². The van der Waals surface area contributed by atoms with Crippen LogP contribution in [0.25, 0.3) is 0 Å². The van der Waals surface area contributed by atoms with Gasteiger partial charge in [0.15, 0.2) is 0 Å². The van der Waals surface area contributed by atoms with Gasteiger partial charge in [-0.15, -0.1) is 5.10 Å². The fraction of sp³-hybridized carbons (Fsp3) is 0.200. The van der Waals surface area contributed by atoms with Gasteiger partial charge >= 0.3 is 0 Å². The Balaban J connectivity index is 1.85. The molecule has 0 bridgehead atoms. The summed E-state index contributed by atoms with van der Waals surface area (Å²) in [6.45, 7) is 0.763. The molecule has 0 amide bonds. The van der Waals surface area contributed by atoms with E-state index in [1.807, 2.05) is 12.1 Å². The number of aromatic nitrogens is 4. The van der Waals surface area contributed by atoms with E-state index in [9.17, 15) is 0 Å². The van der Waals surface area contributed by atoms with Gasteiger partial charge in [0.05, 0.1) is 6.20 Å². The third-order valence-corrected chi connectivity index (χ3v) is 2.16. The fourth-order valence-electron chi connectivity index (χ4n) is 1.25. The van der Waals surface area contributed by atoms with Gasteiger partial charge < -0.3 is 5.32 Å². The summed E-state index contributed by atoms with van der Waals surface area (Å²) in [5.74, 6) is 0.633. The molecule has 0 aliphatic rings. The molecule has 0 saturated heterocycles. The number of nitrogens with one attached hydrogen (secondary N) is 1. The van der Waals surface area contributed by atoms with Crippen LogP contribution >= 0.6 is 11.6 Å². The Morgan fingerprint density at radius 2 is 2.06 bits per heavy atom.